The van der Waals surface area contributed by atoms with Gasteiger partial charge in [0.25, 0.3) is 0 Å². The molecular weight excluding hydrogens is 290 g/mol. The molecule has 0 spiro atoms. The van der Waals surface area contributed by atoms with E-state index in [2.05, 4.69) is 10.6 Å². The van der Waals surface area contributed by atoms with E-state index in [9.17, 15) is 9.59 Å². The van der Waals surface area contributed by atoms with E-state index in [1.54, 1.807) is 30.3 Å². The Labute approximate surface area is 134 Å². The monoisotopic (exact) mass is 307 g/mol. The van der Waals surface area contributed by atoms with Crippen molar-refractivity contribution in [1.29, 1.82) is 5.26 Å². The summed E-state index contributed by atoms with van der Waals surface area (Å²) in [6.45, 7) is 1.98. The lowest BCUT2D eigenvalue weighted by Crippen LogP contribution is -2.15. The minimum Gasteiger partial charge on any atom is -0.326 e. The van der Waals surface area contributed by atoms with Crippen LogP contribution in [0.3, 0.4) is 0 Å². The van der Waals surface area contributed by atoms with E-state index in [4.69, 9.17) is 5.26 Å². The maximum Gasteiger partial charge on any atom is 0.238 e. The van der Waals surface area contributed by atoms with Gasteiger partial charge < -0.3 is 10.6 Å². The number of carbonyl (C=O) groups is 2. The van der Waals surface area contributed by atoms with E-state index in [0.717, 1.165) is 11.1 Å². The lowest BCUT2D eigenvalue weighted by atomic mass is 10.1. The van der Waals surface area contributed by atoms with E-state index in [1.165, 1.54) is 0 Å². The van der Waals surface area contributed by atoms with Crippen LogP contribution in [-0.4, -0.2) is 11.8 Å². The van der Waals surface area contributed by atoms with Crippen LogP contribution in [0.15, 0.2) is 48.5 Å². The summed E-state index contributed by atoms with van der Waals surface area (Å²) in [5.41, 5.74) is 3.19. The first-order chi connectivity index (χ1) is 11.1. The first-order valence-electron chi connectivity index (χ1n) is 7.19. The third kappa shape index (κ3) is 5.29. The molecule has 0 saturated carbocycles. The zero-order valence-corrected chi connectivity index (χ0v) is 12.8. The maximum atomic E-state index is 12.1. The number of aryl methyl sites for hydroxylation is 1. The Morgan fingerprint density at radius 3 is 2.30 bits per heavy atom. The molecule has 0 aliphatic rings. The average Bonchev–Trinajstić information content (AvgIpc) is 2.47. The van der Waals surface area contributed by atoms with Gasteiger partial charge in [-0.1, -0.05) is 35.9 Å². The summed E-state index contributed by atoms with van der Waals surface area (Å²) in [4.78, 5) is 23.5. The van der Waals surface area contributed by atoms with Gasteiger partial charge in [-0.25, -0.2) is 0 Å². The smallest absolute Gasteiger partial charge is 0.238 e. The Kier molecular flexibility index (Phi) is 5.48. The van der Waals surface area contributed by atoms with E-state index in [0.29, 0.717) is 11.4 Å². The van der Waals surface area contributed by atoms with Gasteiger partial charge in [0.1, 0.15) is 6.42 Å². The molecule has 2 rings (SSSR count). The highest BCUT2D eigenvalue weighted by atomic mass is 16.2. The first kappa shape index (κ1) is 16.2. The Hall–Kier alpha value is -3.13. The van der Waals surface area contributed by atoms with E-state index in [1.807, 2.05) is 31.2 Å². The molecule has 2 aromatic carbocycles. The summed E-state index contributed by atoms with van der Waals surface area (Å²) in [7, 11) is 0. The predicted octanol–water partition coefficient (Wildman–Crippen LogP) is 3.03. The number of hydrogen-bond acceptors (Lipinski definition) is 3. The van der Waals surface area contributed by atoms with Crippen molar-refractivity contribution in [2.75, 3.05) is 10.6 Å². The standard InChI is InChI=1S/C18H17N3O2/c1-13-4-2-5-14(10-13)11-18(23)21-16-7-3-6-15(12-16)20-17(22)8-9-19/h2-7,10,12H,8,11H2,1H3,(H,20,22)(H,21,23). The molecule has 0 aliphatic carbocycles. The Morgan fingerprint density at radius 2 is 1.65 bits per heavy atom. The zero-order valence-electron chi connectivity index (χ0n) is 12.8. The number of carbonyl (C=O) groups excluding carboxylic acids is 2. The molecule has 0 heterocycles. The van der Waals surface area contributed by atoms with Crippen LogP contribution in [0, 0.1) is 18.3 Å². The third-order valence-electron chi connectivity index (χ3n) is 3.12. The molecule has 2 amide bonds. The van der Waals surface area contributed by atoms with Gasteiger partial charge in [-0.3, -0.25) is 9.59 Å². The molecule has 0 aromatic heterocycles. The van der Waals surface area contributed by atoms with Gasteiger partial charge >= 0.3 is 0 Å². The number of anilines is 2. The fourth-order valence-electron chi connectivity index (χ4n) is 2.16. The summed E-state index contributed by atoms with van der Waals surface area (Å²) < 4.78 is 0. The van der Waals surface area contributed by atoms with Gasteiger partial charge in [0.05, 0.1) is 12.5 Å². The largest absolute Gasteiger partial charge is 0.326 e. The lowest BCUT2D eigenvalue weighted by molar-refractivity contribution is -0.116. The summed E-state index contributed by atoms with van der Waals surface area (Å²) >= 11 is 0. The summed E-state index contributed by atoms with van der Waals surface area (Å²) in [5, 5.41) is 13.9. The Balaban J connectivity index is 1.98. The summed E-state index contributed by atoms with van der Waals surface area (Å²) in [5.74, 6) is -0.508. The van der Waals surface area contributed by atoms with Crippen molar-refractivity contribution in [3.8, 4) is 6.07 Å². The normalized spacial score (nSPS) is 9.74. The van der Waals surface area contributed by atoms with E-state index >= 15 is 0 Å². The fraction of sp³-hybridized carbons (Fsp3) is 0.167. The van der Waals surface area contributed by atoms with Crippen LogP contribution in [0.5, 0.6) is 0 Å². The predicted molar refractivity (Wildman–Crippen MR) is 88.8 cm³/mol. The fourth-order valence-corrected chi connectivity index (χ4v) is 2.16. The second-order valence-electron chi connectivity index (χ2n) is 5.18. The molecule has 23 heavy (non-hydrogen) atoms. The van der Waals surface area contributed by atoms with Crippen molar-refractivity contribution in [3.05, 3.63) is 59.7 Å². The molecule has 0 atom stereocenters. The molecule has 0 bridgehead atoms. The van der Waals surface area contributed by atoms with Crippen LogP contribution < -0.4 is 10.6 Å². The molecule has 0 unspecified atom stereocenters. The van der Waals surface area contributed by atoms with Crippen molar-refractivity contribution in [1.82, 2.24) is 0 Å². The molecule has 2 N–H and O–H groups in total. The number of benzene rings is 2. The molecule has 2 aromatic rings. The number of nitrogens with zero attached hydrogens (tertiary/aromatic N) is 1. The van der Waals surface area contributed by atoms with Gasteiger partial charge in [-0.15, -0.1) is 0 Å². The molecular formula is C18H17N3O2. The van der Waals surface area contributed by atoms with Crippen LogP contribution in [0.25, 0.3) is 0 Å². The van der Waals surface area contributed by atoms with Crippen molar-refractivity contribution < 1.29 is 9.59 Å². The topological polar surface area (TPSA) is 82.0 Å². The molecule has 0 saturated heterocycles. The van der Waals surface area contributed by atoms with Crippen LogP contribution in [0.2, 0.25) is 0 Å². The van der Waals surface area contributed by atoms with Gasteiger partial charge in [0, 0.05) is 11.4 Å². The molecule has 116 valence electrons. The van der Waals surface area contributed by atoms with Gasteiger partial charge in [0.15, 0.2) is 0 Å². The highest BCUT2D eigenvalue weighted by Gasteiger charge is 2.06. The maximum absolute atomic E-state index is 12.1. The van der Waals surface area contributed by atoms with Crippen molar-refractivity contribution in [2.45, 2.75) is 19.8 Å². The van der Waals surface area contributed by atoms with Gasteiger partial charge in [-0.05, 0) is 30.7 Å². The number of hydrogen-bond donors (Lipinski definition) is 2. The molecule has 5 nitrogen and oxygen atoms in total. The zero-order chi connectivity index (χ0) is 16.7. The quantitative estimate of drug-likeness (QED) is 0.890. The molecule has 0 fully saturated rings. The second-order valence-corrected chi connectivity index (χ2v) is 5.18. The van der Waals surface area contributed by atoms with E-state index < -0.39 is 0 Å². The van der Waals surface area contributed by atoms with Crippen molar-refractivity contribution in [2.24, 2.45) is 0 Å². The highest BCUT2D eigenvalue weighted by molar-refractivity contribution is 5.95. The molecule has 0 aliphatic heterocycles. The van der Waals surface area contributed by atoms with Crippen LogP contribution in [-0.2, 0) is 16.0 Å². The summed E-state index contributed by atoms with van der Waals surface area (Å²) in [6, 6.07) is 16.4. The summed E-state index contributed by atoms with van der Waals surface area (Å²) in [6.07, 6.45) is 0.0800. The number of amides is 2. The van der Waals surface area contributed by atoms with Gasteiger partial charge in [-0.2, -0.15) is 5.26 Å². The molecule has 0 radical (unpaired) electrons. The van der Waals surface area contributed by atoms with Crippen molar-refractivity contribution in [3.63, 3.8) is 0 Å². The number of rotatable bonds is 5. The average molecular weight is 307 g/mol. The van der Waals surface area contributed by atoms with Crippen LogP contribution in [0.4, 0.5) is 11.4 Å². The Morgan fingerprint density at radius 1 is 1.00 bits per heavy atom. The van der Waals surface area contributed by atoms with Crippen molar-refractivity contribution >= 4 is 23.2 Å². The third-order valence-corrected chi connectivity index (χ3v) is 3.12. The number of nitriles is 1. The molecule has 5 heteroatoms. The minimum atomic E-state index is -0.379. The van der Waals surface area contributed by atoms with Crippen LogP contribution in [0.1, 0.15) is 17.5 Å². The first-order valence-corrected chi connectivity index (χ1v) is 7.19. The highest BCUT2D eigenvalue weighted by Crippen LogP contribution is 2.16. The minimum absolute atomic E-state index is 0.129. The second kappa shape index (κ2) is 7.76. The Bertz CT molecular complexity index is 763. The number of nitrogens with one attached hydrogen (secondary N) is 2. The lowest BCUT2D eigenvalue weighted by Gasteiger charge is -2.08. The SMILES string of the molecule is Cc1cccc(CC(=O)Nc2cccc(NC(=O)CC#N)c2)c1. The van der Waals surface area contributed by atoms with Gasteiger partial charge in [0.2, 0.25) is 11.8 Å². The van der Waals surface area contributed by atoms with Crippen LogP contribution >= 0.6 is 0 Å². The van der Waals surface area contributed by atoms with E-state index in [-0.39, 0.29) is 24.7 Å².